The van der Waals surface area contributed by atoms with Crippen LogP contribution in [0.4, 0.5) is 5.69 Å². The molecule has 3 heteroatoms. The maximum Gasteiger partial charge on any atom is 0.0642 e. The molecular weight excluding hydrogens is 218 g/mol. The Labute approximate surface area is 99.4 Å². The fraction of sp³-hybridized carbons (Fsp3) is 0.385. The molecule has 0 radical (unpaired) electrons. The van der Waals surface area contributed by atoms with Crippen LogP contribution in [0.1, 0.15) is 4.88 Å². The van der Waals surface area contributed by atoms with Gasteiger partial charge in [-0.3, -0.25) is 0 Å². The summed E-state index contributed by atoms with van der Waals surface area (Å²) in [6.45, 7) is 5.88. The molecule has 0 unspecified atom stereocenters. The van der Waals surface area contributed by atoms with E-state index in [-0.39, 0.29) is 0 Å². The lowest BCUT2D eigenvalue weighted by atomic mass is 10.2. The fourth-order valence-electron chi connectivity index (χ4n) is 2.17. The van der Waals surface area contributed by atoms with Crippen LogP contribution in [-0.2, 0) is 4.74 Å². The normalized spacial score (nSPS) is 16.9. The van der Waals surface area contributed by atoms with Gasteiger partial charge in [-0.05, 0) is 30.5 Å². The van der Waals surface area contributed by atoms with E-state index in [4.69, 9.17) is 4.74 Å². The van der Waals surface area contributed by atoms with Gasteiger partial charge in [-0.25, -0.2) is 0 Å². The lowest BCUT2D eigenvalue weighted by Gasteiger charge is -2.28. The minimum atomic E-state index is 0.849. The van der Waals surface area contributed by atoms with E-state index in [1.807, 2.05) is 11.3 Å². The van der Waals surface area contributed by atoms with Crippen molar-refractivity contribution in [2.75, 3.05) is 31.2 Å². The first kappa shape index (κ1) is 10.1. The molecule has 0 atom stereocenters. The van der Waals surface area contributed by atoms with Gasteiger partial charge in [0.25, 0.3) is 0 Å². The molecule has 2 nitrogen and oxygen atoms in total. The maximum atomic E-state index is 5.37. The lowest BCUT2D eigenvalue weighted by Crippen LogP contribution is -2.36. The first-order valence-corrected chi connectivity index (χ1v) is 6.47. The van der Waals surface area contributed by atoms with E-state index >= 15 is 0 Å². The summed E-state index contributed by atoms with van der Waals surface area (Å²) in [6, 6.07) is 9.00. The molecular formula is C13H15NOS. The number of benzene rings is 1. The van der Waals surface area contributed by atoms with Gasteiger partial charge in [-0.2, -0.15) is 0 Å². The maximum absolute atomic E-state index is 5.37. The second kappa shape index (κ2) is 4.07. The monoisotopic (exact) mass is 233 g/mol. The minimum absolute atomic E-state index is 0.849. The highest BCUT2D eigenvalue weighted by molar-refractivity contribution is 7.19. The number of ether oxygens (including phenoxy) is 1. The summed E-state index contributed by atoms with van der Waals surface area (Å²) < 4.78 is 6.76. The molecule has 0 saturated carbocycles. The number of rotatable bonds is 1. The Morgan fingerprint density at radius 1 is 1.19 bits per heavy atom. The van der Waals surface area contributed by atoms with E-state index in [9.17, 15) is 0 Å². The van der Waals surface area contributed by atoms with Crippen molar-refractivity contribution in [3.8, 4) is 0 Å². The molecule has 2 aromatic rings. The summed E-state index contributed by atoms with van der Waals surface area (Å²) in [5.41, 5.74) is 1.33. The zero-order valence-corrected chi connectivity index (χ0v) is 10.2. The van der Waals surface area contributed by atoms with E-state index in [1.54, 1.807) is 0 Å². The first-order chi connectivity index (χ1) is 7.83. The Morgan fingerprint density at radius 2 is 2.00 bits per heavy atom. The van der Waals surface area contributed by atoms with Gasteiger partial charge >= 0.3 is 0 Å². The quantitative estimate of drug-likeness (QED) is 0.750. The summed E-state index contributed by atoms with van der Waals surface area (Å²) in [6.07, 6.45) is 0. The SMILES string of the molecule is Cc1cc2ccc(N3CCOCC3)cc2s1. The number of morpholine rings is 1. The Bertz CT molecular complexity index is 500. The zero-order valence-electron chi connectivity index (χ0n) is 9.40. The second-order valence-corrected chi connectivity index (χ2v) is 5.47. The van der Waals surface area contributed by atoms with Crippen molar-refractivity contribution in [3.63, 3.8) is 0 Å². The van der Waals surface area contributed by atoms with Gasteiger partial charge in [0.05, 0.1) is 13.2 Å². The Hall–Kier alpha value is -1.06. The third kappa shape index (κ3) is 1.81. The Kier molecular flexibility index (Phi) is 2.58. The van der Waals surface area contributed by atoms with Crippen LogP contribution in [0.5, 0.6) is 0 Å². The number of hydrogen-bond acceptors (Lipinski definition) is 3. The minimum Gasteiger partial charge on any atom is -0.378 e. The highest BCUT2D eigenvalue weighted by Crippen LogP contribution is 2.29. The molecule has 1 aromatic heterocycles. The summed E-state index contributed by atoms with van der Waals surface area (Å²) >= 11 is 1.87. The van der Waals surface area contributed by atoms with E-state index in [0.717, 1.165) is 26.3 Å². The van der Waals surface area contributed by atoms with Crippen molar-refractivity contribution in [1.82, 2.24) is 0 Å². The largest absolute Gasteiger partial charge is 0.378 e. The smallest absolute Gasteiger partial charge is 0.0642 e. The molecule has 0 amide bonds. The number of thiophene rings is 1. The van der Waals surface area contributed by atoms with Gasteiger partial charge in [0.15, 0.2) is 0 Å². The van der Waals surface area contributed by atoms with Crippen molar-refractivity contribution in [3.05, 3.63) is 29.1 Å². The van der Waals surface area contributed by atoms with Crippen LogP contribution < -0.4 is 4.90 Å². The summed E-state index contributed by atoms with van der Waals surface area (Å²) in [5, 5.41) is 1.36. The third-order valence-corrected chi connectivity index (χ3v) is 4.02. The standard InChI is InChI=1S/C13H15NOS/c1-10-8-11-2-3-12(9-13(11)16-10)14-4-6-15-7-5-14/h2-3,8-9H,4-7H2,1H3. The fourth-order valence-corrected chi connectivity index (χ4v) is 3.13. The number of hydrogen-bond donors (Lipinski definition) is 0. The van der Waals surface area contributed by atoms with Gasteiger partial charge < -0.3 is 9.64 Å². The number of aryl methyl sites for hydroxylation is 1. The average molecular weight is 233 g/mol. The van der Waals surface area contributed by atoms with Gasteiger partial charge in [0, 0.05) is 28.4 Å². The summed E-state index contributed by atoms with van der Waals surface area (Å²) in [5.74, 6) is 0. The van der Waals surface area contributed by atoms with Crippen LogP contribution in [-0.4, -0.2) is 26.3 Å². The highest BCUT2D eigenvalue weighted by atomic mass is 32.1. The summed E-state index contributed by atoms with van der Waals surface area (Å²) in [4.78, 5) is 3.78. The molecule has 0 bridgehead atoms. The van der Waals surface area contributed by atoms with Crippen molar-refractivity contribution < 1.29 is 4.74 Å². The molecule has 3 rings (SSSR count). The van der Waals surface area contributed by atoms with Crippen LogP contribution in [0, 0.1) is 6.92 Å². The molecule has 0 N–H and O–H groups in total. The average Bonchev–Trinajstić information content (AvgIpc) is 2.69. The molecule has 84 valence electrons. The molecule has 16 heavy (non-hydrogen) atoms. The van der Waals surface area contributed by atoms with Gasteiger partial charge in [-0.1, -0.05) is 6.07 Å². The van der Waals surface area contributed by atoms with E-state index in [0.29, 0.717) is 0 Å². The predicted molar refractivity (Wildman–Crippen MR) is 69.6 cm³/mol. The predicted octanol–water partition coefficient (Wildman–Crippen LogP) is 3.05. The molecule has 2 heterocycles. The molecule has 0 aliphatic carbocycles. The summed E-state index contributed by atoms with van der Waals surface area (Å²) in [7, 11) is 0. The zero-order chi connectivity index (χ0) is 11.0. The van der Waals surface area contributed by atoms with Gasteiger partial charge in [-0.15, -0.1) is 11.3 Å². The van der Waals surface area contributed by atoms with Crippen molar-refractivity contribution >= 4 is 27.1 Å². The van der Waals surface area contributed by atoms with Crippen LogP contribution in [0.15, 0.2) is 24.3 Å². The topological polar surface area (TPSA) is 12.5 Å². The Balaban J connectivity index is 1.97. The van der Waals surface area contributed by atoms with Crippen molar-refractivity contribution in [2.24, 2.45) is 0 Å². The first-order valence-electron chi connectivity index (χ1n) is 5.66. The molecule has 1 aromatic carbocycles. The van der Waals surface area contributed by atoms with Crippen LogP contribution in [0.2, 0.25) is 0 Å². The number of fused-ring (bicyclic) bond motifs is 1. The van der Waals surface area contributed by atoms with Crippen LogP contribution >= 0.6 is 11.3 Å². The number of nitrogens with zero attached hydrogens (tertiary/aromatic N) is 1. The van der Waals surface area contributed by atoms with Crippen molar-refractivity contribution in [1.29, 1.82) is 0 Å². The number of anilines is 1. The molecule has 1 saturated heterocycles. The van der Waals surface area contributed by atoms with E-state index in [1.165, 1.54) is 20.7 Å². The second-order valence-electron chi connectivity index (χ2n) is 4.18. The lowest BCUT2D eigenvalue weighted by molar-refractivity contribution is 0.122. The van der Waals surface area contributed by atoms with E-state index < -0.39 is 0 Å². The molecule has 1 fully saturated rings. The molecule has 1 aliphatic heterocycles. The third-order valence-electron chi connectivity index (χ3n) is 3.00. The van der Waals surface area contributed by atoms with Crippen LogP contribution in [0.3, 0.4) is 0 Å². The van der Waals surface area contributed by atoms with Crippen molar-refractivity contribution in [2.45, 2.75) is 6.92 Å². The van der Waals surface area contributed by atoms with E-state index in [2.05, 4.69) is 36.1 Å². The van der Waals surface area contributed by atoms with Crippen LogP contribution in [0.25, 0.3) is 10.1 Å². The van der Waals surface area contributed by atoms with Gasteiger partial charge in [0.2, 0.25) is 0 Å². The Morgan fingerprint density at radius 3 is 2.81 bits per heavy atom. The highest BCUT2D eigenvalue weighted by Gasteiger charge is 2.11. The van der Waals surface area contributed by atoms with Gasteiger partial charge in [0.1, 0.15) is 0 Å². The molecule has 1 aliphatic rings. The molecule has 0 spiro atoms.